The first-order valence-electron chi connectivity index (χ1n) is 6.07. The molecule has 1 amide bonds. The van der Waals surface area contributed by atoms with Crippen LogP contribution in [0.15, 0.2) is 53.4 Å². The van der Waals surface area contributed by atoms with Crippen LogP contribution in [0.4, 0.5) is 5.69 Å². The molecule has 0 bridgehead atoms. The van der Waals surface area contributed by atoms with Gasteiger partial charge in [0, 0.05) is 23.1 Å². The van der Waals surface area contributed by atoms with E-state index in [1.165, 1.54) is 30.3 Å². The maximum absolute atomic E-state index is 12.1. The van der Waals surface area contributed by atoms with Gasteiger partial charge < -0.3 is 5.32 Å². The third-order valence-electron chi connectivity index (χ3n) is 2.80. The van der Waals surface area contributed by atoms with Gasteiger partial charge in [0.25, 0.3) is 5.91 Å². The molecule has 1 N–H and O–H groups in total. The van der Waals surface area contributed by atoms with Gasteiger partial charge in [-0.05, 0) is 30.3 Å². The summed E-state index contributed by atoms with van der Waals surface area (Å²) in [7, 11) is -3.37. The van der Waals surface area contributed by atoms with E-state index >= 15 is 0 Å². The van der Waals surface area contributed by atoms with Gasteiger partial charge >= 0.3 is 0 Å². The van der Waals surface area contributed by atoms with Gasteiger partial charge in [0.05, 0.1) is 4.90 Å². The van der Waals surface area contributed by atoms with Crippen molar-refractivity contribution in [1.82, 2.24) is 0 Å². The lowest BCUT2D eigenvalue weighted by Gasteiger charge is -2.07. The van der Waals surface area contributed by atoms with Crippen LogP contribution in [0.1, 0.15) is 20.7 Å². The molecule has 0 heterocycles. The van der Waals surface area contributed by atoms with Crippen molar-refractivity contribution in [2.24, 2.45) is 0 Å². The molecular weight excluding hydrogens is 290 g/mol. The van der Waals surface area contributed by atoms with E-state index in [1.54, 1.807) is 18.2 Å². The Labute approximate surface area is 122 Å². The van der Waals surface area contributed by atoms with Gasteiger partial charge in [-0.1, -0.05) is 18.2 Å². The standard InChI is InChI=1S/C15H13NO4S/c1-21(19,20)14-7-3-5-12(9-14)15(18)16-13-6-2-4-11(8-13)10-17/h2-10H,1H3,(H,16,18). The lowest BCUT2D eigenvalue weighted by atomic mass is 10.2. The molecular formula is C15H13NO4S. The molecule has 0 aliphatic carbocycles. The number of aldehydes is 1. The summed E-state index contributed by atoms with van der Waals surface area (Å²) in [5.74, 6) is -0.441. The largest absolute Gasteiger partial charge is 0.322 e. The minimum Gasteiger partial charge on any atom is -0.322 e. The van der Waals surface area contributed by atoms with Crippen LogP contribution in [-0.4, -0.2) is 26.9 Å². The van der Waals surface area contributed by atoms with E-state index < -0.39 is 15.7 Å². The van der Waals surface area contributed by atoms with E-state index in [0.29, 0.717) is 17.5 Å². The first-order valence-corrected chi connectivity index (χ1v) is 7.96. The van der Waals surface area contributed by atoms with Gasteiger partial charge in [-0.15, -0.1) is 0 Å². The van der Waals surface area contributed by atoms with Crippen molar-refractivity contribution in [3.05, 3.63) is 59.7 Å². The summed E-state index contributed by atoms with van der Waals surface area (Å²) in [6.45, 7) is 0. The van der Waals surface area contributed by atoms with Crippen molar-refractivity contribution in [3.8, 4) is 0 Å². The molecule has 0 atom stereocenters. The maximum Gasteiger partial charge on any atom is 0.255 e. The van der Waals surface area contributed by atoms with Crippen LogP contribution in [0.2, 0.25) is 0 Å². The molecule has 0 aliphatic rings. The molecule has 0 spiro atoms. The fourth-order valence-corrected chi connectivity index (χ4v) is 2.43. The molecule has 2 aromatic carbocycles. The highest BCUT2D eigenvalue weighted by molar-refractivity contribution is 7.90. The van der Waals surface area contributed by atoms with E-state index in [-0.39, 0.29) is 10.5 Å². The first-order chi connectivity index (χ1) is 9.90. The summed E-state index contributed by atoms with van der Waals surface area (Å²) in [5, 5.41) is 2.62. The Balaban J connectivity index is 2.26. The minimum absolute atomic E-state index is 0.0804. The molecule has 0 saturated heterocycles. The summed E-state index contributed by atoms with van der Waals surface area (Å²) in [6, 6.07) is 12.2. The van der Waals surface area contributed by atoms with E-state index in [9.17, 15) is 18.0 Å². The zero-order valence-corrected chi connectivity index (χ0v) is 12.1. The molecule has 2 rings (SSSR count). The molecule has 0 aromatic heterocycles. The van der Waals surface area contributed by atoms with Crippen molar-refractivity contribution in [3.63, 3.8) is 0 Å². The highest BCUT2D eigenvalue weighted by Gasteiger charge is 2.11. The second kappa shape index (κ2) is 5.88. The zero-order valence-electron chi connectivity index (χ0n) is 11.2. The average Bonchev–Trinajstić information content (AvgIpc) is 2.46. The smallest absolute Gasteiger partial charge is 0.255 e. The molecule has 21 heavy (non-hydrogen) atoms. The highest BCUT2D eigenvalue weighted by Crippen LogP contribution is 2.14. The topological polar surface area (TPSA) is 80.3 Å². The van der Waals surface area contributed by atoms with Crippen LogP contribution < -0.4 is 5.32 Å². The fourth-order valence-electron chi connectivity index (χ4n) is 1.76. The third kappa shape index (κ3) is 3.76. The van der Waals surface area contributed by atoms with Crippen LogP contribution in [0.3, 0.4) is 0 Å². The van der Waals surface area contributed by atoms with Crippen molar-refractivity contribution in [2.75, 3.05) is 11.6 Å². The molecule has 108 valence electrons. The maximum atomic E-state index is 12.1. The number of nitrogens with one attached hydrogen (secondary N) is 1. The molecule has 0 unspecified atom stereocenters. The van der Waals surface area contributed by atoms with Gasteiger partial charge in [-0.3, -0.25) is 9.59 Å². The molecule has 0 radical (unpaired) electrons. The predicted molar refractivity (Wildman–Crippen MR) is 79.3 cm³/mol. The summed E-state index contributed by atoms with van der Waals surface area (Å²) < 4.78 is 23.0. The lowest BCUT2D eigenvalue weighted by molar-refractivity contribution is 0.102. The summed E-state index contributed by atoms with van der Waals surface area (Å²) in [5.41, 5.74) is 1.14. The number of benzene rings is 2. The van der Waals surface area contributed by atoms with E-state index in [2.05, 4.69) is 5.32 Å². The molecule has 0 aliphatic heterocycles. The Morgan fingerprint density at radius 3 is 2.48 bits per heavy atom. The van der Waals surface area contributed by atoms with Gasteiger partial charge in [-0.2, -0.15) is 0 Å². The number of anilines is 1. The number of carbonyl (C=O) groups excluding carboxylic acids is 2. The second-order valence-corrected chi connectivity index (χ2v) is 6.51. The van der Waals surface area contributed by atoms with Crippen molar-refractivity contribution >= 4 is 27.7 Å². The SMILES string of the molecule is CS(=O)(=O)c1cccc(C(=O)Nc2cccc(C=O)c2)c1. The Hall–Kier alpha value is -2.47. The Bertz CT molecular complexity index is 797. The second-order valence-electron chi connectivity index (χ2n) is 4.50. The number of sulfone groups is 1. The summed E-state index contributed by atoms with van der Waals surface area (Å²) in [4.78, 5) is 22.9. The van der Waals surface area contributed by atoms with Crippen LogP contribution in [-0.2, 0) is 9.84 Å². The van der Waals surface area contributed by atoms with Gasteiger partial charge in [0.1, 0.15) is 6.29 Å². The van der Waals surface area contributed by atoms with Crippen LogP contribution in [0.25, 0.3) is 0 Å². The number of amides is 1. The highest BCUT2D eigenvalue weighted by atomic mass is 32.2. The number of carbonyl (C=O) groups is 2. The van der Waals surface area contributed by atoms with E-state index in [4.69, 9.17) is 0 Å². The number of rotatable bonds is 4. The quantitative estimate of drug-likeness (QED) is 0.878. The lowest BCUT2D eigenvalue weighted by Crippen LogP contribution is -2.12. The Morgan fingerprint density at radius 2 is 1.81 bits per heavy atom. The molecule has 2 aromatic rings. The summed E-state index contributed by atoms with van der Waals surface area (Å²) >= 11 is 0. The van der Waals surface area contributed by atoms with Crippen molar-refractivity contribution in [1.29, 1.82) is 0 Å². The fraction of sp³-hybridized carbons (Fsp3) is 0.0667. The normalized spacial score (nSPS) is 10.9. The van der Waals surface area contributed by atoms with Gasteiger partial charge in [-0.25, -0.2) is 8.42 Å². The molecule has 6 heteroatoms. The molecule has 5 nitrogen and oxygen atoms in total. The van der Waals surface area contributed by atoms with Crippen LogP contribution >= 0.6 is 0 Å². The minimum atomic E-state index is -3.37. The van der Waals surface area contributed by atoms with Crippen LogP contribution in [0.5, 0.6) is 0 Å². The van der Waals surface area contributed by atoms with Crippen molar-refractivity contribution in [2.45, 2.75) is 4.90 Å². The third-order valence-corrected chi connectivity index (χ3v) is 3.92. The first kappa shape index (κ1) is 14.9. The monoisotopic (exact) mass is 303 g/mol. The number of hydrogen-bond donors (Lipinski definition) is 1. The Kier molecular flexibility index (Phi) is 4.18. The van der Waals surface area contributed by atoms with Crippen LogP contribution in [0, 0.1) is 0 Å². The zero-order chi connectivity index (χ0) is 15.5. The van der Waals surface area contributed by atoms with E-state index in [0.717, 1.165) is 6.26 Å². The van der Waals surface area contributed by atoms with Gasteiger partial charge in [0.15, 0.2) is 9.84 Å². The van der Waals surface area contributed by atoms with Gasteiger partial charge in [0.2, 0.25) is 0 Å². The average molecular weight is 303 g/mol. The molecule has 0 saturated carbocycles. The molecule has 0 fully saturated rings. The predicted octanol–water partition coefficient (Wildman–Crippen LogP) is 2.15. The van der Waals surface area contributed by atoms with E-state index in [1.807, 2.05) is 0 Å². The summed E-state index contributed by atoms with van der Waals surface area (Å²) in [6.07, 6.45) is 1.76. The number of hydrogen-bond acceptors (Lipinski definition) is 4. The Morgan fingerprint density at radius 1 is 1.10 bits per heavy atom. The van der Waals surface area contributed by atoms with Crippen molar-refractivity contribution < 1.29 is 18.0 Å².